The average molecular weight is 469 g/mol. The summed E-state index contributed by atoms with van der Waals surface area (Å²) in [6.45, 7) is 5.86. The molecule has 10 heteroatoms. The number of morpholine rings is 1. The van der Waals surface area contributed by atoms with Crippen molar-refractivity contribution in [2.24, 2.45) is 0 Å². The predicted molar refractivity (Wildman–Crippen MR) is 119 cm³/mol. The van der Waals surface area contributed by atoms with E-state index in [-0.39, 0.29) is 6.61 Å². The van der Waals surface area contributed by atoms with E-state index in [0.29, 0.717) is 30.1 Å². The van der Waals surface area contributed by atoms with Gasteiger partial charge >= 0.3 is 0 Å². The van der Waals surface area contributed by atoms with E-state index >= 15 is 0 Å². The van der Waals surface area contributed by atoms with Gasteiger partial charge < -0.3 is 9.84 Å². The predicted octanol–water partition coefficient (Wildman–Crippen LogP) is 1.74. The van der Waals surface area contributed by atoms with Crippen LogP contribution in [0.15, 0.2) is 18.2 Å². The van der Waals surface area contributed by atoms with Gasteiger partial charge in [0.25, 0.3) is 0 Å². The molecule has 1 aromatic heterocycles. The Labute approximate surface area is 188 Å². The van der Waals surface area contributed by atoms with Crippen molar-refractivity contribution in [2.45, 2.75) is 32.5 Å². The minimum absolute atomic E-state index is 0.162. The van der Waals surface area contributed by atoms with Crippen LogP contribution in [-0.4, -0.2) is 78.2 Å². The van der Waals surface area contributed by atoms with Gasteiger partial charge in [0.1, 0.15) is 0 Å². The fraction of sp³-hybridized carbons (Fsp3) is 0.571. The molecule has 0 atom stereocenters. The Morgan fingerprint density at radius 2 is 1.97 bits per heavy atom. The number of nitrogens with zero attached hydrogens (tertiary/aromatic N) is 4. The Morgan fingerprint density at radius 1 is 1.19 bits per heavy atom. The summed E-state index contributed by atoms with van der Waals surface area (Å²) in [7, 11) is -3.29. The number of fused-ring (bicyclic) bond motifs is 1. The van der Waals surface area contributed by atoms with Gasteiger partial charge in [-0.2, -0.15) is 9.40 Å². The number of hydrogen-bond acceptors (Lipinski definition) is 6. The third kappa shape index (κ3) is 5.13. The fourth-order valence-electron chi connectivity index (χ4n) is 4.28. The highest BCUT2D eigenvalue weighted by molar-refractivity contribution is 7.88. The standard InChI is InChI=1S/C21H29ClN4O4S/c1-31(28,29)25-8-5-20-18(14-25)21(16-3-4-19(22)17(13-16)15-27)23-26(20)7-2-6-24-9-11-30-12-10-24/h3-4,13,27H,2,5-12,14-15H2,1H3. The number of aliphatic hydroxyl groups excluding tert-OH is 1. The molecule has 2 aliphatic heterocycles. The zero-order valence-electron chi connectivity index (χ0n) is 17.8. The van der Waals surface area contributed by atoms with Crippen molar-refractivity contribution in [1.82, 2.24) is 19.0 Å². The topological polar surface area (TPSA) is 87.9 Å². The molecule has 1 saturated heterocycles. The number of rotatable bonds is 7. The lowest BCUT2D eigenvalue weighted by Gasteiger charge is -2.27. The maximum absolute atomic E-state index is 12.2. The minimum atomic E-state index is -3.29. The van der Waals surface area contributed by atoms with Gasteiger partial charge in [-0.15, -0.1) is 0 Å². The summed E-state index contributed by atoms with van der Waals surface area (Å²) in [5.74, 6) is 0. The third-order valence-corrected chi connectivity index (χ3v) is 7.62. The number of aryl methyl sites for hydroxylation is 1. The normalized spacial score (nSPS) is 18.3. The molecule has 2 aliphatic rings. The van der Waals surface area contributed by atoms with Crippen LogP contribution in [0.4, 0.5) is 0 Å². The van der Waals surface area contributed by atoms with Gasteiger partial charge in [-0.05, 0) is 24.1 Å². The molecule has 0 unspecified atom stereocenters. The monoisotopic (exact) mass is 468 g/mol. The first-order valence-electron chi connectivity index (χ1n) is 10.6. The average Bonchev–Trinajstić information content (AvgIpc) is 3.12. The molecule has 0 amide bonds. The summed E-state index contributed by atoms with van der Waals surface area (Å²) in [5.41, 5.74) is 4.27. The number of sulfonamides is 1. The largest absolute Gasteiger partial charge is 0.392 e. The van der Waals surface area contributed by atoms with Crippen LogP contribution >= 0.6 is 11.6 Å². The van der Waals surface area contributed by atoms with Gasteiger partial charge in [0.2, 0.25) is 10.0 Å². The highest BCUT2D eigenvalue weighted by atomic mass is 35.5. The van der Waals surface area contributed by atoms with Crippen molar-refractivity contribution < 1.29 is 18.3 Å². The van der Waals surface area contributed by atoms with E-state index in [1.165, 1.54) is 10.6 Å². The van der Waals surface area contributed by atoms with Crippen molar-refractivity contribution in [2.75, 3.05) is 45.6 Å². The van der Waals surface area contributed by atoms with Crippen LogP contribution in [0.1, 0.15) is 23.2 Å². The first kappa shape index (κ1) is 22.7. The molecule has 31 heavy (non-hydrogen) atoms. The Morgan fingerprint density at radius 3 is 2.68 bits per heavy atom. The smallest absolute Gasteiger partial charge is 0.211 e. The SMILES string of the molecule is CS(=O)(=O)N1CCc2c(c(-c3ccc(Cl)c(CO)c3)nn2CCCN2CCOCC2)C1. The lowest BCUT2D eigenvalue weighted by Crippen LogP contribution is -2.37. The van der Waals surface area contributed by atoms with E-state index in [0.717, 1.165) is 68.3 Å². The highest BCUT2D eigenvalue weighted by Gasteiger charge is 2.29. The molecule has 170 valence electrons. The molecule has 1 aromatic carbocycles. The van der Waals surface area contributed by atoms with Crippen molar-refractivity contribution in [1.29, 1.82) is 0 Å². The zero-order valence-corrected chi connectivity index (χ0v) is 19.3. The number of aliphatic hydroxyl groups is 1. The van der Waals surface area contributed by atoms with E-state index in [1.807, 2.05) is 16.8 Å². The summed E-state index contributed by atoms with van der Waals surface area (Å²) in [6.07, 6.45) is 2.84. The van der Waals surface area contributed by atoms with Crippen molar-refractivity contribution in [3.63, 3.8) is 0 Å². The Balaban J connectivity index is 1.62. The third-order valence-electron chi connectivity index (χ3n) is 6.01. The first-order valence-corrected chi connectivity index (χ1v) is 12.8. The van der Waals surface area contributed by atoms with Crippen LogP contribution < -0.4 is 0 Å². The van der Waals surface area contributed by atoms with Crippen LogP contribution in [0.2, 0.25) is 5.02 Å². The number of ether oxygens (including phenoxy) is 1. The van der Waals surface area contributed by atoms with Crippen LogP contribution in [0, 0.1) is 0 Å². The number of halogens is 1. The first-order chi connectivity index (χ1) is 14.9. The summed E-state index contributed by atoms with van der Waals surface area (Å²) in [5, 5.41) is 15.0. The summed E-state index contributed by atoms with van der Waals surface area (Å²) in [4.78, 5) is 2.40. The van der Waals surface area contributed by atoms with Crippen LogP contribution in [0.25, 0.3) is 11.3 Å². The van der Waals surface area contributed by atoms with Gasteiger partial charge in [0.05, 0.1) is 31.8 Å². The molecule has 2 aromatic rings. The molecular formula is C21H29ClN4O4S. The van der Waals surface area contributed by atoms with E-state index in [2.05, 4.69) is 4.90 Å². The van der Waals surface area contributed by atoms with Gasteiger partial charge in [-0.1, -0.05) is 17.7 Å². The fourth-order valence-corrected chi connectivity index (χ4v) is 5.24. The Bertz CT molecular complexity index is 1030. The molecule has 0 bridgehead atoms. The highest BCUT2D eigenvalue weighted by Crippen LogP contribution is 2.33. The summed E-state index contributed by atoms with van der Waals surface area (Å²) < 4.78 is 33.3. The van der Waals surface area contributed by atoms with Gasteiger partial charge in [-0.25, -0.2) is 8.42 Å². The molecule has 0 aliphatic carbocycles. The summed E-state index contributed by atoms with van der Waals surface area (Å²) in [6, 6.07) is 5.47. The van der Waals surface area contributed by atoms with Crippen molar-refractivity contribution in [3.8, 4) is 11.3 Å². The molecule has 0 saturated carbocycles. The van der Waals surface area contributed by atoms with E-state index < -0.39 is 10.0 Å². The molecule has 3 heterocycles. The Hall–Kier alpha value is -1.49. The molecule has 1 fully saturated rings. The van der Waals surface area contributed by atoms with Gasteiger partial charge in [0, 0.05) is 67.5 Å². The van der Waals surface area contributed by atoms with Gasteiger partial charge in [-0.3, -0.25) is 9.58 Å². The second-order valence-electron chi connectivity index (χ2n) is 8.12. The van der Waals surface area contributed by atoms with Crippen LogP contribution in [0.3, 0.4) is 0 Å². The molecule has 1 N–H and O–H groups in total. The molecule has 0 radical (unpaired) electrons. The zero-order chi connectivity index (χ0) is 22.0. The second kappa shape index (κ2) is 9.56. The minimum Gasteiger partial charge on any atom is -0.392 e. The van der Waals surface area contributed by atoms with Crippen LogP contribution in [0.5, 0.6) is 0 Å². The van der Waals surface area contributed by atoms with E-state index in [9.17, 15) is 13.5 Å². The van der Waals surface area contributed by atoms with E-state index in [4.69, 9.17) is 21.4 Å². The van der Waals surface area contributed by atoms with Crippen LogP contribution in [-0.2, 0) is 40.9 Å². The lowest BCUT2D eigenvalue weighted by molar-refractivity contribution is 0.0368. The van der Waals surface area contributed by atoms with Crippen molar-refractivity contribution in [3.05, 3.63) is 40.0 Å². The number of benzene rings is 1. The Kier molecular flexibility index (Phi) is 7.00. The number of hydrogen-bond donors (Lipinski definition) is 1. The quantitative estimate of drug-likeness (QED) is 0.666. The second-order valence-corrected chi connectivity index (χ2v) is 10.5. The van der Waals surface area contributed by atoms with Crippen molar-refractivity contribution >= 4 is 21.6 Å². The maximum Gasteiger partial charge on any atom is 0.211 e. The van der Waals surface area contributed by atoms with E-state index in [1.54, 1.807) is 6.07 Å². The maximum atomic E-state index is 12.2. The number of aromatic nitrogens is 2. The molecule has 4 rings (SSSR count). The summed E-state index contributed by atoms with van der Waals surface area (Å²) >= 11 is 6.17. The molecule has 0 spiro atoms. The van der Waals surface area contributed by atoms with Gasteiger partial charge in [0.15, 0.2) is 0 Å². The lowest BCUT2D eigenvalue weighted by atomic mass is 10.0. The molecular weight excluding hydrogens is 440 g/mol. The molecule has 8 nitrogen and oxygen atoms in total.